The number of para-hydroxylation sites is 2. The molecule has 0 aliphatic carbocycles. The van der Waals surface area contributed by atoms with E-state index in [4.69, 9.17) is 4.74 Å². The molecule has 0 bridgehead atoms. The van der Waals surface area contributed by atoms with Crippen LogP contribution in [0.4, 0.5) is 5.69 Å². The van der Waals surface area contributed by atoms with E-state index in [1.165, 1.54) is 24.1 Å². The van der Waals surface area contributed by atoms with Crippen molar-refractivity contribution < 1.29 is 22.7 Å². The van der Waals surface area contributed by atoms with Crippen LogP contribution < -0.4 is 14.4 Å². The lowest BCUT2D eigenvalue weighted by Crippen LogP contribution is -2.52. The molecule has 0 saturated heterocycles. The number of hydrogen-bond donors (Lipinski definition) is 1. The SMILES string of the molecule is CC[C@@H](C(=O)NCC(C)C)N(Cc1ccccc1C)C(=O)CN(c1ccccc1OC)S(=O)(=O)c1ccc(C)cc1. The van der Waals surface area contributed by atoms with E-state index in [0.717, 1.165) is 21.0 Å². The zero-order chi connectivity index (χ0) is 30.2. The quantitative estimate of drug-likeness (QED) is 0.305. The number of carbonyl (C=O) groups is 2. The van der Waals surface area contributed by atoms with Gasteiger partial charge in [-0.2, -0.15) is 0 Å². The molecule has 0 aliphatic rings. The zero-order valence-electron chi connectivity index (χ0n) is 24.8. The van der Waals surface area contributed by atoms with Gasteiger partial charge in [-0.15, -0.1) is 0 Å². The first-order valence-corrected chi connectivity index (χ1v) is 15.3. The number of sulfonamides is 1. The van der Waals surface area contributed by atoms with E-state index >= 15 is 0 Å². The van der Waals surface area contributed by atoms with Crippen LogP contribution in [0, 0.1) is 19.8 Å². The number of carbonyl (C=O) groups excluding carboxylic acids is 2. The van der Waals surface area contributed by atoms with Crippen LogP contribution in [0.3, 0.4) is 0 Å². The highest BCUT2D eigenvalue weighted by atomic mass is 32.2. The lowest BCUT2D eigenvalue weighted by Gasteiger charge is -2.34. The Bertz CT molecular complexity index is 1440. The maximum atomic E-state index is 14.2. The van der Waals surface area contributed by atoms with E-state index in [-0.39, 0.29) is 29.0 Å². The van der Waals surface area contributed by atoms with E-state index in [1.807, 2.05) is 58.9 Å². The van der Waals surface area contributed by atoms with Crippen molar-refractivity contribution in [3.05, 3.63) is 89.5 Å². The van der Waals surface area contributed by atoms with Crippen molar-refractivity contribution in [2.75, 3.05) is 24.5 Å². The van der Waals surface area contributed by atoms with Gasteiger partial charge < -0.3 is 15.0 Å². The monoisotopic (exact) mass is 579 g/mol. The molecule has 3 rings (SSSR count). The fourth-order valence-electron chi connectivity index (χ4n) is 4.50. The smallest absolute Gasteiger partial charge is 0.264 e. The van der Waals surface area contributed by atoms with Gasteiger partial charge in [0.05, 0.1) is 17.7 Å². The average Bonchev–Trinajstić information content (AvgIpc) is 2.95. The minimum atomic E-state index is -4.18. The van der Waals surface area contributed by atoms with Gasteiger partial charge in [0.15, 0.2) is 0 Å². The third-order valence-corrected chi connectivity index (χ3v) is 8.69. The highest BCUT2D eigenvalue weighted by molar-refractivity contribution is 7.92. The lowest BCUT2D eigenvalue weighted by molar-refractivity contribution is -0.140. The molecule has 0 aliphatic heterocycles. The van der Waals surface area contributed by atoms with Crippen molar-refractivity contribution in [1.29, 1.82) is 0 Å². The Hall–Kier alpha value is -3.85. The zero-order valence-corrected chi connectivity index (χ0v) is 25.6. The first kappa shape index (κ1) is 31.7. The lowest BCUT2D eigenvalue weighted by atomic mass is 10.1. The first-order valence-electron chi connectivity index (χ1n) is 13.8. The van der Waals surface area contributed by atoms with Crippen molar-refractivity contribution in [3.63, 3.8) is 0 Å². The molecule has 2 amide bonds. The van der Waals surface area contributed by atoms with Gasteiger partial charge in [0.2, 0.25) is 11.8 Å². The number of benzene rings is 3. The normalized spacial score (nSPS) is 12.1. The summed E-state index contributed by atoms with van der Waals surface area (Å²) < 4.78 is 34.7. The van der Waals surface area contributed by atoms with Crippen molar-refractivity contribution >= 4 is 27.5 Å². The second kappa shape index (κ2) is 14.2. The molecule has 3 aromatic rings. The van der Waals surface area contributed by atoms with Gasteiger partial charge in [0.25, 0.3) is 10.0 Å². The standard InChI is InChI=1S/C32H41N3O5S/c1-7-28(32(37)33-20-23(2)3)34(21-26-13-9-8-12-25(26)5)31(36)22-35(29-14-10-11-15-30(29)40-6)41(38,39)27-18-16-24(4)17-19-27/h8-19,23,28H,7,20-22H2,1-6H3,(H,33,37)/t28-/m0/s1. The Morgan fingerprint density at radius 3 is 2.17 bits per heavy atom. The van der Waals surface area contributed by atoms with E-state index in [0.29, 0.717) is 18.7 Å². The molecule has 9 heteroatoms. The molecule has 41 heavy (non-hydrogen) atoms. The van der Waals surface area contributed by atoms with E-state index in [2.05, 4.69) is 5.32 Å². The number of hydrogen-bond acceptors (Lipinski definition) is 5. The molecule has 1 atom stereocenters. The number of aryl methyl sites for hydroxylation is 2. The van der Waals surface area contributed by atoms with E-state index < -0.39 is 28.5 Å². The summed E-state index contributed by atoms with van der Waals surface area (Å²) in [5.74, 6) is -0.226. The highest BCUT2D eigenvalue weighted by Crippen LogP contribution is 2.32. The summed E-state index contributed by atoms with van der Waals surface area (Å²) in [5.41, 5.74) is 2.99. The molecule has 3 aromatic carbocycles. The number of nitrogens with zero attached hydrogens (tertiary/aromatic N) is 2. The Kier molecular flexibility index (Phi) is 10.9. The maximum absolute atomic E-state index is 14.2. The Morgan fingerprint density at radius 2 is 1.56 bits per heavy atom. The van der Waals surface area contributed by atoms with Gasteiger partial charge in [0.1, 0.15) is 18.3 Å². The molecule has 0 unspecified atom stereocenters. The Labute approximate surface area is 244 Å². The van der Waals surface area contributed by atoms with E-state index in [1.54, 1.807) is 36.4 Å². The third kappa shape index (κ3) is 7.88. The van der Waals surface area contributed by atoms with E-state index in [9.17, 15) is 18.0 Å². The van der Waals surface area contributed by atoms with Crippen LogP contribution in [-0.4, -0.2) is 51.4 Å². The Balaban J connectivity index is 2.09. The number of methoxy groups -OCH3 is 1. The van der Waals surface area contributed by atoms with Gasteiger partial charge in [-0.05, 0) is 61.6 Å². The van der Waals surface area contributed by atoms with Crippen LogP contribution in [0.15, 0.2) is 77.7 Å². The van der Waals surface area contributed by atoms with Gasteiger partial charge in [-0.25, -0.2) is 8.42 Å². The summed E-state index contributed by atoms with van der Waals surface area (Å²) in [6, 6.07) is 20.0. The number of anilines is 1. The molecule has 220 valence electrons. The summed E-state index contributed by atoms with van der Waals surface area (Å²) in [4.78, 5) is 29.1. The molecule has 0 spiro atoms. The van der Waals surface area contributed by atoms with Crippen LogP contribution in [0.5, 0.6) is 5.75 Å². The minimum Gasteiger partial charge on any atom is -0.495 e. The molecule has 0 fully saturated rings. The minimum absolute atomic E-state index is 0.0500. The van der Waals surface area contributed by atoms with Crippen LogP contribution in [-0.2, 0) is 26.2 Å². The molecule has 0 radical (unpaired) electrons. The van der Waals surface area contributed by atoms with Crippen LogP contribution in [0.2, 0.25) is 0 Å². The molecule has 8 nitrogen and oxygen atoms in total. The van der Waals surface area contributed by atoms with Crippen molar-refractivity contribution in [2.45, 2.75) is 58.5 Å². The number of amides is 2. The predicted molar refractivity (Wildman–Crippen MR) is 162 cm³/mol. The number of rotatable bonds is 13. The first-order chi connectivity index (χ1) is 19.5. The van der Waals surface area contributed by atoms with Crippen molar-refractivity contribution in [3.8, 4) is 5.75 Å². The van der Waals surface area contributed by atoms with Crippen molar-refractivity contribution in [2.24, 2.45) is 5.92 Å². The summed E-state index contributed by atoms with van der Waals surface area (Å²) >= 11 is 0. The molecule has 0 saturated carbocycles. The maximum Gasteiger partial charge on any atom is 0.264 e. The van der Waals surface area contributed by atoms with Crippen LogP contribution in [0.1, 0.15) is 43.9 Å². The van der Waals surface area contributed by atoms with Crippen LogP contribution >= 0.6 is 0 Å². The van der Waals surface area contributed by atoms with Crippen molar-refractivity contribution in [1.82, 2.24) is 10.2 Å². The van der Waals surface area contributed by atoms with Gasteiger partial charge >= 0.3 is 0 Å². The average molecular weight is 580 g/mol. The van der Waals surface area contributed by atoms with Gasteiger partial charge in [-0.1, -0.05) is 74.9 Å². The Morgan fingerprint density at radius 1 is 0.927 bits per heavy atom. The van der Waals surface area contributed by atoms with Crippen LogP contribution in [0.25, 0.3) is 0 Å². The highest BCUT2D eigenvalue weighted by Gasteiger charge is 2.34. The second-order valence-corrected chi connectivity index (χ2v) is 12.4. The number of ether oxygens (including phenoxy) is 1. The third-order valence-electron chi connectivity index (χ3n) is 6.91. The summed E-state index contributed by atoms with van der Waals surface area (Å²) in [6.07, 6.45) is 0.362. The molecule has 0 aromatic heterocycles. The summed E-state index contributed by atoms with van der Waals surface area (Å²) in [7, 11) is -2.73. The number of nitrogens with one attached hydrogen (secondary N) is 1. The topological polar surface area (TPSA) is 96.0 Å². The summed E-state index contributed by atoms with van der Waals surface area (Å²) in [6.45, 7) is 9.77. The fourth-order valence-corrected chi connectivity index (χ4v) is 5.92. The fraction of sp³-hybridized carbons (Fsp3) is 0.375. The predicted octanol–water partition coefficient (Wildman–Crippen LogP) is 5.09. The molecular weight excluding hydrogens is 538 g/mol. The van der Waals surface area contributed by atoms with Gasteiger partial charge in [0, 0.05) is 13.1 Å². The second-order valence-electron chi connectivity index (χ2n) is 10.5. The van der Waals surface area contributed by atoms with Gasteiger partial charge in [-0.3, -0.25) is 13.9 Å². The molecule has 1 N–H and O–H groups in total. The molecule has 0 heterocycles. The largest absolute Gasteiger partial charge is 0.495 e. The molecular formula is C32H41N3O5S. The summed E-state index contributed by atoms with van der Waals surface area (Å²) in [5, 5.41) is 2.95.